The van der Waals surface area contributed by atoms with Gasteiger partial charge in [0.2, 0.25) is 0 Å². The van der Waals surface area contributed by atoms with Crippen LogP contribution < -0.4 is 18.9 Å². The highest BCUT2D eigenvalue weighted by Gasteiger charge is 2.08. The van der Waals surface area contributed by atoms with Crippen molar-refractivity contribution in [1.29, 1.82) is 0 Å². The lowest BCUT2D eigenvalue weighted by molar-refractivity contribution is 0.354. The molecular formula is C26H30O4. The van der Waals surface area contributed by atoms with E-state index in [0.717, 1.165) is 48.7 Å². The Morgan fingerprint density at radius 3 is 1.23 bits per heavy atom. The molecule has 0 fully saturated rings. The minimum Gasteiger partial charge on any atom is -0.493 e. The molecule has 3 aromatic carbocycles. The van der Waals surface area contributed by atoms with Crippen molar-refractivity contribution in [2.45, 2.75) is 25.7 Å². The van der Waals surface area contributed by atoms with Gasteiger partial charge >= 0.3 is 0 Å². The van der Waals surface area contributed by atoms with E-state index in [4.69, 9.17) is 18.9 Å². The fraction of sp³-hybridized carbons (Fsp3) is 0.308. The molecule has 4 nitrogen and oxygen atoms in total. The third kappa shape index (κ3) is 5.26. The van der Waals surface area contributed by atoms with Crippen LogP contribution in [0.2, 0.25) is 0 Å². The summed E-state index contributed by atoms with van der Waals surface area (Å²) in [7, 11) is 6.66. The molecule has 0 amide bonds. The first-order valence-corrected chi connectivity index (χ1v) is 10.2. The maximum absolute atomic E-state index is 5.43. The van der Waals surface area contributed by atoms with Crippen LogP contribution >= 0.6 is 0 Å². The van der Waals surface area contributed by atoms with E-state index < -0.39 is 0 Å². The predicted molar refractivity (Wildman–Crippen MR) is 120 cm³/mol. The van der Waals surface area contributed by atoms with Gasteiger partial charge in [0.1, 0.15) is 0 Å². The lowest BCUT2D eigenvalue weighted by Crippen LogP contribution is -2.00. The fourth-order valence-corrected chi connectivity index (χ4v) is 3.68. The Morgan fingerprint density at radius 1 is 0.467 bits per heavy atom. The number of methoxy groups -OCH3 is 4. The average Bonchev–Trinajstić information content (AvgIpc) is 2.81. The van der Waals surface area contributed by atoms with Gasteiger partial charge in [0.05, 0.1) is 28.4 Å². The van der Waals surface area contributed by atoms with Crippen molar-refractivity contribution in [3.05, 3.63) is 82.9 Å². The highest BCUT2D eigenvalue weighted by atomic mass is 16.5. The maximum atomic E-state index is 5.43. The van der Waals surface area contributed by atoms with Gasteiger partial charge in [-0.05, 0) is 72.2 Å². The van der Waals surface area contributed by atoms with E-state index in [0.29, 0.717) is 0 Å². The molecule has 3 rings (SSSR count). The number of benzene rings is 3. The smallest absolute Gasteiger partial charge is 0.160 e. The van der Waals surface area contributed by atoms with Crippen molar-refractivity contribution in [2.75, 3.05) is 28.4 Å². The molecule has 3 aromatic rings. The maximum Gasteiger partial charge on any atom is 0.160 e. The molecule has 0 saturated heterocycles. The number of aryl methyl sites for hydroxylation is 4. The molecule has 0 atom stereocenters. The minimum atomic E-state index is 0.761. The summed E-state index contributed by atoms with van der Waals surface area (Å²) in [6.45, 7) is 0. The second-order valence-corrected chi connectivity index (χ2v) is 7.15. The van der Waals surface area contributed by atoms with Gasteiger partial charge in [0.25, 0.3) is 0 Å². The standard InChI is InChI=1S/C26H30O4/c1-27-23-15-11-19(17-25(23)29-3)9-13-21-7-5-6-8-22(21)14-10-20-12-16-24(28-2)26(18-20)30-4/h5-8,11-12,15-18H,9-10,13-14H2,1-4H3. The Bertz CT molecular complexity index is 886. The molecule has 4 heteroatoms. The fourth-order valence-electron chi connectivity index (χ4n) is 3.68. The summed E-state index contributed by atoms with van der Waals surface area (Å²) in [5.41, 5.74) is 5.24. The molecule has 0 heterocycles. The Balaban J connectivity index is 1.68. The monoisotopic (exact) mass is 406 g/mol. The third-order valence-corrected chi connectivity index (χ3v) is 5.38. The second kappa shape index (κ2) is 10.6. The first-order valence-electron chi connectivity index (χ1n) is 10.2. The van der Waals surface area contributed by atoms with Crippen LogP contribution in [0.1, 0.15) is 22.3 Å². The number of hydrogen-bond donors (Lipinski definition) is 0. The first-order chi connectivity index (χ1) is 14.7. The van der Waals surface area contributed by atoms with Crippen LogP contribution in [0.15, 0.2) is 60.7 Å². The van der Waals surface area contributed by atoms with Gasteiger partial charge in [0.15, 0.2) is 23.0 Å². The molecule has 0 bridgehead atoms. The van der Waals surface area contributed by atoms with Crippen molar-refractivity contribution in [1.82, 2.24) is 0 Å². The molecular weight excluding hydrogens is 376 g/mol. The van der Waals surface area contributed by atoms with Crippen LogP contribution in [0.3, 0.4) is 0 Å². The summed E-state index contributed by atoms with van der Waals surface area (Å²) in [4.78, 5) is 0. The second-order valence-electron chi connectivity index (χ2n) is 7.15. The average molecular weight is 407 g/mol. The molecule has 0 N–H and O–H groups in total. The Hall–Kier alpha value is -3.14. The van der Waals surface area contributed by atoms with E-state index in [9.17, 15) is 0 Å². The van der Waals surface area contributed by atoms with E-state index in [1.54, 1.807) is 28.4 Å². The lowest BCUT2D eigenvalue weighted by Gasteiger charge is -2.13. The van der Waals surface area contributed by atoms with Crippen molar-refractivity contribution in [3.8, 4) is 23.0 Å². The predicted octanol–water partition coefficient (Wildman–Crippen LogP) is 5.29. The number of hydrogen-bond acceptors (Lipinski definition) is 4. The zero-order valence-electron chi connectivity index (χ0n) is 18.2. The van der Waals surface area contributed by atoms with Crippen LogP contribution in [0.5, 0.6) is 23.0 Å². The summed E-state index contributed by atoms with van der Waals surface area (Å²) in [5, 5.41) is 0. The first kappa shape index (κ1) is 21.6. The summed E-state index contributed by atoms with van der Waals surface area (Å²) >= 11 is 0. The van der Waals surface area contributed by atoms with Crippen LogP contribution in [0, 0.1) is 0 Å². The minimum absolute atomic E-state index is 0.761. The van der Waals surface area contributed by atoms with Crippen molar-refractivity contribution < 1.29 is 18.9 Å². The van der Waals surface area contributed by atoms with E-state index in [1.807, 2.05) is 12.1 Å². The zero-order valence-corrected chi connectivity index (χ0v) is 18.2. The van der Waals surface area contributed by atoms with Gasteiger partial charge in [-0.15, -0.1) is 0 Å². The summed E-state index contributed by atoms with van der Waals surface area (Å²) in [6, 6.07) is 21.0. The molecule has 0 aliphatic rings. The molecule has 0 aromatic heterocycles. The lowest BCUT2D eigenvalue weighted by atomic mass is 9.95. The normalized spacial score (nSPS) is 10.5. The topological polar surface area (TPSA) is 36.9 Å². The molecule has 0 saturated carbocycles. The Kier molecular flexibility index (Phi) is 7.61. The molecule has 0 radical (unpaired) electrons. The van der Waals surface area contributed by atoms with E-state index in [1.165, 1.54) is 22.3 Å². The van der Waals surface area contributed by atoms with Gasteiger partial charge in [0, 0.05) is 0 Å². The summed E-state index contributed by atoms with van der Waals surface area (Å²) in [5.74, 6) is 3.07. The molecule has 0 aliphatic heterocycles. The third-order valence-electron chi connectivity index (χ3n) is 5.38. The zero-order chi connectivity index (χ0) is 21.3. The van der Waals surface area contributed by atoms with Crippen LogP contribution in [0.25, 0.3) is 0 Å². The Morgan fingerprint density at radius 2 is 0.867 bits per heavy atom. The summed E-state index contributed by atoms with van der Waals surface area (Å²) in [6.07, 6.45) is 3.87. The van der Waals surface area contributed by atoms with Crippen molar-refractivity contribution in [2.24, 2.45) is 0 Å². The van der Waals surface area contributed by atoms with Gasteiger partial charge in [-0.25, -0.2) is 0 Å². The molecule has 30 heavy (non-hydrogen) atoms. The largest absolute Gasteiger partial charge is 0.493 e. The SMILES string of the molecule is COc1ccc(CCc2ccccc2CCc2ccc(OC)c(OC)c2)cc1OC. The van der Waals surface area contributed by atoms with Gasteiger partial charge in [-0.1, -0.05) is 36.4 Å². The van der Waals surface area contributed by atoms with Crippen molar-refractivity contribution in [3.63, 3.8) is 0 Å². The highest BCUT2D eigenvalue weighted by molar-refractivity contribution is 5.44. The molecule has 158 valence electrons. The van der Waals surface area contributed by atoms with E-state index in [2.05, 4.69) is 48.5 Å². The van der Waals surface area contributed by atoms with Gasteiger partial charge in [-0.3, -0.25) is 0 Å². The highest BCUT2D eigenvalue weighted by Crippen LogP contribution is 2.29. The Labute approximate surface area is 179 Å². The molecule has 0 aliphatic carbocycles. The number of ether oxygens (including phenoxy) is 4. The molecule has 0 unspecified atom stereocenters. The van der Waals surface area contributed by atoms with Crippen LogP contribution in [-0.2, 0) is 25.7 Å². The van der Waals surface area contributed by atoms with E-state index in [-0.39, 0.29) is 0 Å². The van der Waals surface area contributed by atoms with Crippen LogP contribution in [-0.4, -0.2) is 28.4 Å². The van der Waals surface area contributed by atoms with Gasteiger partial charge < -0.3 is 18.9 Å². The summed E-state index contributed by atoms with van der Waals surface area (Å²) < 4.78 is 21.5. The van der Waals surface area contributed by atoms with Crippen LogP contribution in [0.4, 0.5) is 0 Å². The van der Waals surface area contributed by atoms with Crippen molar-refractivity contribution >= 4 is 0 Å². The quantitative estimate of drug-likeness (QED) is 0.458. The van der Waals surface area contributed by atoms with Gasteiger partial charge in [-0.2, -0.15) is 0 Å². The molecule has 0 spiro atoms. The number of rotatable bonds is 10. The van der Waals surface area contributed by atoms with E-state index >= 15 is 0 Å².